The van der Waals surface area contributed by atoms with Gasteiger partial charge in [-0.25, -0.2) is 4.79 Å². The zero-order valence-corrected chi connectivity index (χ0v) is 12.0. The van der Waals surface area contributed by atoms with Gasteiger partial charge in [-0.1, -0.05) is 6.92 Å². The fourth-order valence-corrected chi connectivity index (χ4v) is 1.80. The summed E-state index contributed by atoms with van der Waals surface area (Å²) in [6.07, 6.45) is 0.307. The van der Waals surface area contributed by atoms with Crippen molar-refractivity contribution in [3.63, 3.8) is 0 Å². The average molecular weight is 281 g/mol. The molecule has 0 aliphatic heterocycles. The summed E-state index contributed by atoms with van der Waals surface area (Å²) in [5.74, 6) is -0.515. The summed E-state index contributed by atoms with van der Waals surface area (Å²) in [4.78, 5) is 23.0. The van der Waals surface area contributed by atoms with Gasteiger partial charge >= 0.3 is 5.97 Å². The molecule has 1 unspecified atom stereocenters. The normalized spacial score (nSPS) is 11.6. The van der Waals surface area contributed by atoms with Crippen LogP contribution in [0.4, 0.5) is 0 Å². The van der Waals surface area contributed by atoms with Crippen LogP contribution in [0.25, 0.3) is 0 Å². The number of rotatable bonds is 6. The van der Waals surface area contributed by atoms with Crippen molar-refractivity contribution in [3.05, 3.63) is 23.3 Å². The SMILES string of the molecule is CCC(NC(=O)c1cc(OC)c(C)c(OC)c1)C(=O)O. The van der Waals surface area contributed by atoms with E-state index in [0.29, 0.717) is 23.5 Å². The minimum absolute atomic E-state index is 0.295. The van der Waals surface area contributed by atoms with E-state index in [1.807, 2.05) is 6.92 Å². The molecular formula is C14H19NO5. The Hall–Kier alpha value is -2.24. The molecule has 6 heteroatoms. The van der Waals surface area contributed by atoms with Crippen LogP contribution in [-0.2, 0) is 4.79 Å². The first kappa shape index (κ1) is 15.8. The largest absolute Gasteiger partial charge is 0.496 e. The van der Waals surface area contributed by atoms with E-state index >= 15 is 0 Å². The minimum atomic E-state index is -1.06. The monoisotopic (exact) mass is 281 g/mol. The maximum Gasteiger partial charge on any atom is 0.326 e. The Morgan fingerprint density at radius 1 is 1.25 bits per heavy atom. The molecule has 0 heterocycles. The van der Waals surface area contributed by atoms with Crippen LogP contribution in [0.3, 0.4) is 0 Å². The Morgan fingerprint density at radius 3 is 2.10 bits per heavy atom. The molecule has 20 heavy (non-hydrogen) atoms. The summed E-state index contributed by atoms with van der Waals surface area (Å²) in [6, 6.07) is 2.20. The summed E-state index contributed by atoms with van der Waals surface area (Å²) in [7, 11) is 2.99. The lowest BCUT2D eigenvalue weighted by Crippen LogP contribution is -2.40. The van der Waals surface area contributed by atoms with Gasteiger partial charge < -0.3 is 19.9 Å². The van der Waals surface area contributed by atoms with E-state index in [0.717, 1.165) is 5.56 Å². The Labute approximate surface area is 117 Å². The number of methoxy groups -OCH3 is 2. The smallest absolute Gasteiger partial charge is 0.326 e. The molecule has 1 aromatic rings. The van der Waals surface area contributed by atoms with Crippen molar-refractivity contribution in [1.29, 1.82) is 0 Å². The van der Waals surface area contributed by atoms with E-state index in [9.17, 15) is 9.59 Å². The molecular weight excluding hydrogens is 262 g/mol. The topological polar surface area (TPSA) is 84.9 Å². The van der Waals surface area contributed by atoms with Gasteiger partial charge in [0.25, 0.3) is 5.91 Å². The molecule has 0 saturated heterocycles. The molecule has 0 aliphatic carbocycles. The fraction of sp³-hybridized carbons (Fsp3) is 0.429. The van der Waals surface area contributed by atoms with Crippen molar-refractivity contribution in [1.82, 2.24) is 5.32 Å². The number of carboxylic acid groups (broad SMARTS) is 1. The average Bonchev–Trinajstić information content (AvgIpc) is 2.44. The first-order valence-corrected chi connectivity index (χ1v) is 6.20. The summed E-state index contributed by atoms with van der Waals surface area (Å²) in [5.41, 5.74) is 1.07. The Bertz CT molecular complexity index is 487. The van der Waals surface area contributed by atoms with Gasteiger partial charge in [-0.05, 0) is 25.5 Å². The van der Waals surface area contributed by atoms with Crippen molar-refractivity contribution >= 4 is 11.9 Å². The second kappa shape index (κ2) is 6.79. The van der Waals surface area contributed by atoms with Crippen LogP contribution in [0.15, 0.2) is 12.1 Å². The zero-order chi connectivity index (χ0) is 15.3. The molecule has 110 valence electrons. The predicted octanol–water partition coefficient (Wildman–Crippen LogP) is 1.61. The van der Waals surface area contributed by atoms with Gasteiger partial charge in [-0.15, -0.1) is 0 Å². The highest BCUT2D eigenvalue weighted by Gasteiger charge is 2.20. The number of hydrogen-bond donors (Lipinski definition) is 2. The number of carbonyl (C=O) groups excluding carboxylic acids is 1. The minimum Gasteiger partial charge on any atom is -0.496 e. The van der Waals surface area contributed by atoms with Crippen molar-refractivity contribution in [2.24, 2.45) is 0 Å². The molecule has 1 amide bonds. The molecule has 0 spiro atoms. The number of carboxylic acids is 1. The van der Waals surface area contributed by atoms with Crippen LogP contribution in [-0.4, -0.2) is 37.2 Å². The van der Waals surface area contributed by atoms with Gasteiger partial charge in [0.2, 0.25) is 0 Å². The second-order valence-electron chi connectivity index (χ2n) is 4.28. The standard InChI is InChI=1S/C14H19NO5/c1-5-10(14(17)18)15-13(16)9-6-11(19-3)8(2)12(7-9)20-4/h6-7,10H,5H2,1-4H3,(H,15,16)(H,17,18). The van der Waals surface area contributed by atoms with Gasteiger partial charge in [0.05, 0.1) is 14.2 Å². The number of carbonyl (C=O) groups is 2. The van der Waals surface area contributed by atoms with E-state index in [1.54, 1.807) is 19.1 Å². The third-order valence-corrected chi connectivity index (χ3v) is 3.03. The second-order valence-corrected chi connectivity index (χ2v) is 4.28. The number of amides is 1. The van der Waals surface area contributed by atoms with Crippen LogP contribution in [0.2, 0.25) is 0 Å². The van der Waals surface area contributed by atoms with Gasteiger partial charge in [0.15, 0.2) is 0 Å². The number of benzene rings is 1. The summed E-state index contributed by atoms with van der Waals surface area (Å²) >= 11 is 0. The quantitative estimate of drug-likeness (QED) is 0.827. The molecule has 1 atom stereocenters. The Balaban J connectivity index is 3.07. The Kier molecular flexibility index (Phi) is 5.37. The predicted molar refractivity (Wildman–Crippen MR) is 73.5 cm³/mol. The van der Waals surface area contributed by atoms with E-state index in [1.165, 1.54) is 14.2 Å². The van der Waals surface area contributed by atoms with Crippen LogP contribution >= 0.6 is 0 Å². The summed E-state index contributed by atoms with van der Waals surface area (Å²) in [5, 5.41) is 11.4. The van der Waals surface area contributed by atoms with Crippen molar-refractivity contribution < 1.29 is 24.2 Å². The van der Waals surface area contributed by atoms with E-state index in [2.05, 4.69) is 5.32 Å². The highest BCUT2D eigenvalue weighted by molar-refractivity contribution is 5.97. The first-order chi connectivity index (χ1) is 9.44. The lowest BCUT2D eigenvalue weighted by atomic mass is 10.1. The lowest BCUT2D eigenvalue weighted by Gasteiger charge is -2.15. The third kappa shape index (κ3) is 3.40. The van der Waals surface area contributed by atoms with Crippen molar-refractivity contribution in [2.75, 3.05) is 14.2 Å². The maximum absolute atomic E-state index is 12.1. The molecule has 6 nitrogen and oxygen atoms in total. The molecule has 0 fully saturated rings. The van der Waals surface area contributed by atoms with E-state index in [-0.39, 0.29) is 0 Å². The van der Waals surface area contributed by atoms with Crippen molar-refractivity contribution in [3.8, 4) is 11.5 Å². The van der Waals surface area contributed by atoms with E-state index < -0.39 is 17.9 Å². The number of nitrogens with one attached hydrogen (secondary N) is 1. The molecule has 0 aromatic heterocycles. The van der Waals surface area contributed by atoms with E-state index in [4.69, 9.17) is 14.6 Å². The van der Waals surface area contributed by atoms with Crippen LogP contribution < -0.4 is 14.8 Å². The van der Waals surface area contributed by atoms with Crippen LogP contribution in [0.1, 0.15) is 29.3 Å². The third-order valence-electron chi connectivity index (χ3n) is 3.03. The van der Waals surface area contributed by atoms with Crippen LogP contribution in [0, 0.1) is 6.92 Å². The van der Waals surface area contributed by atoms with Gasteiger partial charge in [-0.2, -0.15) is 0 Å². The molecule has 1 aromatic carbocycles. The number of hydrogen-bond acceptors (Lipinski definition) is 4. The Morgan fingerprint density at radius 2 is 1.75 bits per heavy atom. The highest BCUT2D eigenvalue weighted by Crippen LogP contribution is 2.29. The summed E-state index contributed by atoms with van der Waals surface area (Å²) < 4.78 is 10.4. The lowest BCUT2D eigenvalue weighted by molar-refractivity contribution is -0.139. The van der Waals surface area contributed by atoms with Crippen molar-refractivity contribution in [2.45, 2.75) is 26.3 Å². The molecule has 0 aliphatic rings. The van der Waals surface area contributed by atoms with Gasteiger partial charge in [-0.3, -0.25) is 4.79 Å². The van der Waals surface area contributed by atoms with Crippen LogP contribution in [0.5, 0.6) is 11.5 Å². The number of ether oxygens (including phenoxy) is 2. The van der Waals surface area contributed by atoms with Gasteiger partial charge in [0, 0.05) is 11.1 Å². The zero-order valence-electron chi connectivity index (χ0n) is 12.0. The highest BCUT2D eigenvalue weighted by atomic mass is 16.5. The molecule has 0 radical (unpaired) electrons. The molecule has 1 rings (SSSR count). The van der Waals surface area contributed by atoms with Gasteiger partial charge in [0.1, 0.15) is 17.5 Å². The molecule has 0 bridgehead atoms. The number of aliphatic carboxylic acids is 1. The maximum atomic E-state index is 12.1. The first-order valence-electron chi connectivity index (χ1n) is 6.20. The molecule has 0 saturated carbocycles. The fourth-order valence-electron chi connectivity index (χ4n) is 1.80. The summed E-state index contributed by atoms with van der Waals surface area (Å²) in [6.45, 7) is 3.50. The molecule has 2 N–H and O–H groups in total.